The number of hydrogen-bond donors (Lipinski definition) is 6. The summed E-state index contributed by atoms with van der Waals surface area (Å²) in [5.74, 6) is -1.37. The number of aromatic hydroxyl groups is 1. The first-order valence-electron chi connectivity index (χ1n) is 13.7. The number of aliphatic imine (C=N–C) groups is 1. The van der Waals surface area contributed by atoms with Crippen LogP contribution in [0.3, 0.4) is 0 Å². The summed E-state index contributed by atoms with van der Waals surface area (Å²) in [5, 5.41) is 25.5. The van der Waals surface area contributed by atoms with Gasteiger partial charge in [-0.2, -0.15) is 0 Å². The molecular weight excluding hydrogens is 544 g/mol. The van der Waals surface area contributed by atoms with Crippen molar-refractivity contribution in [1.29, 1.82) is 0 Å². The fourth-order valence-corrected chi connectivity index (χ4v) is 4.15. The van der Waals surface area contributed by atoms with Crippen LogP contribution in [0.5, 0.6) is 5.75 Å². The first-order valence-corrected chi connectivity index (χ1v) is 13.7. The Morgan fingerprint density at radius 2 is 1.67 bits per heavy atom. The number of hydrogen-bond acceptors (Lipinski definition) is 8. The SMILES string of the molecule is CCN(CCCc1ccc([N+](=O)[O-])cc1)C(=O)CNC(=O)[C@@H](CCCN=C(N)N)NC(=O)[C@@H](N)Cc1ccc(O)cc1. The second-order valence-electron chi connectivity index (χ2n) is 9.71. The third kappa shape index (κ3) is 11.8. The molecule has 2 rings (SSSR count). The minimum absolute atomic E-state index is 0.0184. The molecule has 0 radical (unpaired) electrons. The monoisotopic (exact) mass is 584 g/mol. The van der Waals surface area contributed by atoms with E-state index in [1.54, 1.807) is 29.2 Å². The lowest BCUT2D eigenvalue weighted by Gasteiger charge is -2.23. The molecule has 3 amide bonds. The average molecular weight is 585 g/mol. The number of nitrogens with one attached hydrogen (secondary N) is 2. The molecule has 2 atom stereocenters. The van der Waals surface area contributed by atoms with Crippen LogP contribution < -0.4 is 27.8 Å². The van der Waals surface area contributed by atoms with E-state index in [9.17, 15) is 29.6 Å². The number of nitrogens with zero attached hydrogens (tertiary/aromatic N) is 3. The Morgan fingerprint density at radius 3 is 2.26 bits per heavy atom. The van der Waals surface area contributed by atoms with Gasteiger partial charge in [-0.3, -0.25) is 29.5 Å². The first kappa shape index (κ1) is 33.5. The molecule has 2 aromatic rings. The number of nitrogens with two attached hydrogens (primary N) is 3. The van der Waals surface area contributed by atoms with Crippen molar-refractivity contribution in [2.45, 2.75) is 51.1 Å². The minimum atomic E-state index is -0.970. The fourth-order valence-electron chi connectivity index (χ4n) is 4.15. The van der Waals surface area contributed by atoms with Crippen LogP contribution in [-0.2, 0) is 27.2 Å². The molecule has 0 bridgehead atoms. The molecule has 0 fully saturated rings. The number of phenols is 1. The lowest BCUT2D eigenvalue weighted by molar-refractivity contribution is -0.384. The van der Waals surface area contributed by atoms with Crippen LogP contribution in [0.2, 0.25) is 0 Å². The molecule has 0 aliphatic heterocycles. The van der Waals surface area contributed by atoms with Gasteiger partial charge in [0, 0.05) is 31.8 Å². The molecule has 0 unspecified atom stereocenters. The van der Waals surface area contributed by atoms with Crippen molar-refractivity contribution in [2.24, 2.45) is 22.2 Å². The van der Waals surface area contributed by atoms with Gasteiger partial charge < -0.3 is 37.8 Å². The van der Waals surface area contributed by atoms with Gasteiger partial charge in [-0.15, -0.1) is 0 Å². The number of guanidine groups is 1. The van der Waals surface area contributed by atoms with Gasteiger partial charge in [-0.1, -0.05) is 24.3 Å². The van der Waals surface area contributed by atoms with Crippen LogP contribution >= 0.6 is 0 Å². The Balaban J connectivity index is 1.92. The van der Waals surface area contributed by atoms with Crippen LogP contribution in [0.15, 0.2) is 53.5 Å². The topological polar surface area (TPSA) is 232 Å². The molecule has 0 heterocycles. The maximum atomic E-state index is 13.0. The van der Waals surface area contributed by atoms with E-state index in [1.807, 2.05) is 6.92 Å². The number of nitro groups is 1. The number of non-ortho nitro benzene ring substituents is 1. The van der Waals surface area contributed by atoms with Crippen molar-refractivity contribution in [3.8, 4) is 5.75 Å². The number of aryl methyl sites for hydroxylation is 1. The predicted molar refractivity (Wildman–Crippen MR) is 158 cm³/mol. The zero-order chi connectivity index (χ0) is 31.1. The maximum Gasteiger partial charge on any atom is 0.269 e. The second-order valence-corrected chi connectivity index (χ2v) is 9.71. The Labute approximate surface area is 244 Å². The number of benzene rings is 2. The molecule has 2 aromatic carbocycles. The molecule has 0 aromatic heterocycles. The van der Waals surface area contributed by atoms with Crippen LogP contribution in [0.1, 0.15) is 37.3 Å². The summed E-state index contributed by atoms with van der Waals surface area (Å²) in [6.07, 6.45) is 2.05. The van der Waals surface area contributed by atoms with E-state index >= 15 is 0 Å². The van der Waals surface area contributed by atoms with Gasteiger partial charge in [0.15, 0.2) is 5.96 Å². The molecule has 0 saturated carbocycles. The highest BCUT2D eigenvalue weighted by molar-refractivity contribution is 5.91. The molecule has 0 saturated heterocycles. The molecule has 228 valence electrons. The van der Waals surface area contributed by atoms with Crippen molar-refractivity contribution in [3.05, 3.63) is 69.8 Å². The number of amides is 3. The molecular formula is C28H40N8O6. The summed E-state index contributed by atoms with van der Waals surface area (Å²) in [6, 6.07) is 10.6. The molecule has 42 heavy (non-hydrogen) atoms. The van der Waals surface area contributed by atoms with Crippen molar-refractivity contribution in [1.82, 2.24) is 15.5 Å². The molecule has 14 heteroatoms. The number of carbonyl (C=O) groups excluding carboxylic acids is 3. The summed E-state index contributed by atoms with van der Waals surface area (Å²) >= 11 is 0. The van der Waals surface area contributed by atoms with E-state index in [0.29, 0.717) is 32.4 Å². The number of phenolic OH excluding ortho intramolecular Hbond substituents is 1. The number of nitro benzene ring substituents is 1. The Hall–Kier alpha value is -4.72. The number of carbonyl (C=O) groups is 3. The third-order valence-corrected chi connectivity index (χ3v) is 6.50. The normalized spacial score (nSPS) is 12.0. The minimum Gasteiger partial charge on any atom is -0.508 e. The van der Waals surface area contributed by atoms with Crippen LogP contribution in [0.4, 0.5) is 5.69 Å². The smallest absolute Gasteiger partial charge is 0.269 e. The number of likely N-dealkylation sites (N-methyl/N-ethyl adjacent to an activating group) is 1. The third-order valence-electron chi connectivity index (χ3n) is 6.50. The van der Waals surface area contributed by atoms with Crippen molar-refractivity contribution in [2.75, 3.05) is 26.2 Å². The van der Waals surface area contributed by atoms with Gasteiger partial charge in [0.1, 0.15) is 11.8 Å². The van der Waals surface area contributed by atoms with E-state index < -0.39 is 28.8 Å². The summed E-state index contributed by atoms with van der Waals surface area (Å²) in [7, 11) is 0. The zero-order valence-corrected chi connectivity index (χ0v) is 23.7. The Bertz CT molecular complexity index is 1220. The summed E-state index contributed by atoms with van der Waals surface area (Å²) in [5.41, 5.74) is 18.5. The molecule has 14 nitrogen and oxygen atoms in total. The van der Waals surface area contributed by atoms with E-state index in [0.717, 1.165) is 11.1 Å². The van der Waals surface area contributed by atoms with Gasteiger partial charge in [-0.25, -0.2) is 0 Å². The van der Waals surface area contributed by atoms with Gasteiger partial charge in [0.2, 0.25) is 17.7 Å². The fraction of sp³-hybridized carbons (Fsp3) is 0.429. The second kappa shape index (κ2) is 17.2. The van der Waals surface area contributed by atoms with E-state index in [1.165, 1.54) is 24.3 Å². The predicted octanol–water partition coefficient (Wildman–Crippen LogP) is 0.306. The Kier molecular flexibility index (Phi) is 13.7. The quantitative estimate of drug-likeness (QED) is 0.0493. The van der Waals surface area contributed by atoms with Crippen LogP contribution in [0, 0.1) is 10.1 Å². The molecule has 0 spiro atoms. The zero-order valence-electron chi connectivity index (χ0n) is 23.7. The van der Waals surface area contributed by atoms with E-state index in [2.05, 4.69) is 15.6 Å². The van der Waals surface area contributed by atoms with Crippen LogP contribution in [-0.4, -0.2) is 76.9 Å². The highest BCUT2D eigenvalue weighted by Gasteiger charge is 2.24. The van der Waals surface area contributed by atoms with Gasteiger partial charge in [0.05, 0.1) is 17.5 Å². The molecule has 0 aliphatic rings. The van der Waals surface area contributed by atoms with Crippen molar-refractivity contribution < 1.29 is 24.4 Å². The van der Waals surface area contributed by atoms with E-state index in [-0.39, 0.29) is 49.2 Å². The average Bonchev–Trinajstić information content (AvgIpc) is 2.96. The Morgan fingerprint density at radius 1 is 1.02 bits per heavy atom. The lowest BCUT2D eigenvalue weighted by atomic mass is 10.0. The van der Waals surface area contributed by atoms with E-state index in [4.69, 9.17) is 17.2 Å². The maximum absolute atomic E-state index is 13.0. The van der Waals surface area contributed by atoms with Crippen molar-refractivity contribution >= 4 is 29.4 Å². The standard InChI is InChI=1S/C28H40N8O6/c1-2-35(16-4-5-19-7-11-21(12-8-19)36(41)42)25(38)18-33-27(40)24(6-3-15-32-28(30)31)34-26(39)23(29)17-20-9-13-22(37)14-10-20/h7-14,23-24,37H,2-6,15-18,29H2,1H3,(H,33,40)(H,34,39)(H4,30,31,32)/t23-,24+/m0/s1. The van der Waals surface area contributed by atoms with Gasteiger partial charge in [-0.05, 0) is 62.3 Å². The summed E-state index contributed by atoms with van der Waals surface area (Å²) < 4.78 is 0. The van der Waals surface area contributed by atoms with Crippen LogP contribution in [0.25, 0.3) is 0 Å². The number of rotatable bonds is 17. The molecule has 9 N–H and O–H groups in total. The first-order chi connectivity index (χ1) is 20.0. The highest BCUT2D eigenvalue weighted by Crippen LogP contribution is 2.14. The van der Waals surface area contributed by atoms with Crippen molar-refractivity contribution in [3.63, 3.8) is 0 Å². The van der Waals surface area contributed by atoms with Gasteiger partial charge >= 0.3 is 0 Å². The lowest BCUT2D eigenvalue weighted by Crippen LogP contribution is -2.53. The highest BCUT2D eigenvalue weighted by atomic mass is 16.6. The molecule has 0 aliphatic carbocycles. The largest absolute Gasteiger partial charge is 0.508 e. The summed E-state index contributed by atoms with van der Waals surface area (Å²) in [4.78, 5) is 54.5. The summed E-state index contributed by atoms with van der Waals surface area (Å²) in [6.45, 7) is 2.68. The van der Waals surface area contributed by atoms with Gasteiger partial charge in [0.25, 0.3) is 5.69 Å².